The summed E-state index contributed by atoms with van der Waals surface area (Å²) in [6, 6.07) is 9.13. The van der Waals surface area contributed by atoms with Crippen LogP contribution in [0.15, 0.2) is 36.5 Å². The van der Waals surface area contributed by atoms with Crippen LogP contribution in [-0.2, 0) is 6.18 Å². The number of hydrogen-bond acceptors (Lipinski definition) is 5. The molecule has 2 heterocycles. The van der Waals surface area contributed by atoms with Crippen molar-refractivity contribution in [3.8, 4) is 0 Å². The Balaban J connectivity index is 1.85. The smallest absolute Gasteiger partial charge is 0.359 e. The van der Waals surface area contributed by atoms with Crippen molar-refractivity contribution in [1.29, 1.82) is 0 Å². The second-order valence-corrected chi connectivity index (χ2v) is 6.49. The maximum absolute atomic E-state index is 13.4. The van der Waals surface area contributed by atoms with Crippen molar-refractivity contribution in [2.24, 2.45) is 5.92 Å². The molecular weight excluding hydrogens is 343 g/mol. The van der Waals surface area contributed by atoms with Gasteiger partial charge in [-0.25, -0.2) is 4.98 Å². The average Bonchev–Trinajstić information content (AvgIpc) is 2.62. The van der Waals surface area contributed by atoms with Gasteiger partial charge in [-0.15, -0.1) is 0 Å². The van der Waals surface area contributed by atoms with E-state index in [0.29, 0.717) is 12.5 Å². The van der Waals surface area contributed by atoms with E-state index in [4.69, 9.17) is 0 Å². The predicted molar refractivity (Wildman–Crippen MR) is 95.6 cm³/mol. The normalized spacial score (nSPS) is 15.7. The summed E-state index contributed by atoms with van der Waals surface area (Å²) in [7, 11) is 1.66. The molecule has 1 aliphatic heterocycles. The highest BCUT2D eigenvalue weighted by molar-refractivity contribution is 5.57. The molecule has 0 unspecified atom stereocenters. The lowest BCUT2D eigenvalue weighted by Gasteiger charge is -2.29. The molecule has 0 amide bonds. The fourth-order valence-corrected chi connectivity index (χ4v) is 3.11. The first-order valence-corrected chi connectivity index (χ1v) is 8.61. The van der Waals surface area contributed by atoms with Crippen LogP contribution in [0.3, 0.4) is 0 Å². The van der Waals surface area contributed by atoms with Crippen LogP contribution in [0.1, 0.15) is 18.4 Å². The van der Waals surface area contributed by atoms with Gasteiger partial charge in [0.2, 0.25) is 5.95 Å². The van der Waals surface area contributed by atoms with Gasteiger partial charge in [-0.3, -0.25) is 0 Å². The number of nitrogens with one attached hydrogen (secondary N) is 2. The summed E-state index contributed by atoms with van der Waals surface area (Å²) < 4.78 is 40.2. The Bertz CT molecular complexity index is 715. The van der Waals surface area contributed by atoms with E-state index >= 15 is 0 Å². The van der Waals surface area contributed by atoms with Gasteiger partial charge < -0.3 is 15.5 Å². The van der Waals surface area contributed by atoms with Crippen LogP contribution < -0.4 is 15.5 Å². The molecule has 140 valence electrons. The molecule has 8 heteroatoms. The van der Waals surface area contributed by atoms with Crippen molar-refractivity contribution in [2.75, 3.05) is 36.9 Å². The van der Waals surface area contributed by atoms with E-state index < -0.39 is 11.7 Å². The third kappa shape index (κ3) is 4.63. The molecule has 0 aliphatic carbocycles. The highest BCUT2D eigenvalue weighted by Gasteiger charge is 2.36. The van der Waals surface area contributed by atoms with Crippen LogP contribution in [0.25, 0.3) is 0 Å². The molecular formula is C18H22F3N5. The largest absolute Gasteiger partial charge is 0.421 e. The molecule has 1 aromatic heterocycles. The van der Waals surface area contributed by atoms with E-state index in [-0.39, 0.29) is 11.8 Å². The van der Waals surface area contributed by atoms with Crippen molar-refractivity contribution >= 4 is 17.5 Å². The highest BCUT2D eigenvalue weighted by atomic mass is 19.4. The third-order valence-corrected chi connectivity index (χ3v) is 4.46. The van der Waals surface area contributed by atoms with Crippen LogP contribution in [0.2, 0.25) is 0 Å². The standard InChI is InChI=1S/C18H22F3N5/c1-26(12-13-7-9-22-10-8-13)16-15(18(19,20)21)11-23-17(25-16)24-14-5-3-2-4-6-14/h2-6,11,13,22H,7-10,12H2,1H3,(H,23,24,25). The third-order valence-electron chi connectivity index (χ3n) is 4.46. The number of rotatable bonds is 5. The molecule has 1 aliphatic rings. The second-order valence-electron chi connectivity index (χ2n) is 6.49. The molecule has 5 nitrogen and oxygen atoms in total. The SMILES string of the molecule is CN(CC1CCNCC1)c1nc(Nc2ccccc2)ncc1C(F)(F)F. The molecule has 0 saturated carbocycles. The quantitative estimate of drug-likeness (QED) is 0.847. The number of piperidine rings is 1. The lowest BCUT2D eigenvalue weighted by atomic mass is 9.97. The van der Waals surface area contributed by atoms with E-state index in [1.54, 1.807) is 24.1 Å². The van der Waals surface area contributed by atoms with Crippen molar-refractivity contribution in [3.05, 3.63) is 42.1 Å². The zero-order chi connectivity index (χ0) is 18.6. The van der Waals surface area contributed by atoms with E-state index in [0.717, 1.165) is 37.8 Å². The zero-order valence-electron chi connectivity index (χ0n) is 14.6. The van der Waals surface area contributed by atoms with Gasteiger partial charge in [0.25, 0.3) is 0 Å². The van der Waals surface area contributed by atoms with Gasteiger partial charge in [0.15, 0.2) is 0 Å². The summed E-state index contributed by atoms with van der Waals surface area (Å²) in [6.45, 7) is 2.33. The van der Waals surface area contributed by atoms with E-state index in [9.17, 15) is 13.2 Å². The molecule has 0 atom stereocenters. The van der Waals surface area contributed by atoms with Crippen LogP contribution in [-0.4, -0.2) is 36.6 Å². The Labute approximate surface area is 150 Å². The van der Waals surface area contributed by atoms with Crippen molar-refractivity contribution < 1.29 is 13.2 Å². The molecule has 0 radical (unpaired) electrons. The molecule has 1 saturated heterocycles. The first-order valence-electron chi connectivity index (χ1n) is 8.61. The number of hydrogen-bond donors (Lipinski definition) is 2. The molecule has 26 heavy (non-hydrogen) atoms. The number of anilines is 3. The molecule has 1 fully saturated rings. The van der Waals surface area contributed by atoms with Gasteiger partial charge >= 0.3 is 6.18 Å². The minimum Gasteiger partial charge on any atom is -0.359 e. The van der Waals surface area contributed by atoms with Crippen molar-refractivity contribution in [1.82, 2.24) is 15.3 Å². The minimum atomic E-state index is -4.50. The van der Waals surface area contributed by atoms with Gasteiger partial charge in [-0.05, 0) is 44.0 Å². The molecule has 3 rings (SSSR count). The number of aromatic nitrogens is 2. The lowest BCUT2D eigenvalue weighted by molar-refractivity contribution is -0.137. The van der Waals surface area contributed by atoms with Crippen molar-refractivity contribution in [2.45, 2.75) is 19.0 Å². The fraction of sp³-hybridized carbons (Fsp3) is 0.444. The highest BCUT2D eigenvalue weighted by Crippen LogP contribution is 2.36. The molecule has 1 aromatic carbocycles. The minimum absolute atomic E-state index is 0.0931. The van der Waals surface area contributed by atoms with Gasteiger partial charge in [0.1, 0.15) is 11.4 Å². The Hall–Kier alpha value is -2.35. The number of para-hydroxylation sites is 1. The van der Waals surface area contributed by atoms with Gasteiger partial charge in [0, 0.05) is 25.5 Å². The maximum Gasteiger partial charge on any atom is 0.421 e. The van der Waals surface area contributed by atoms with Crippen LogP contribution >= 0.6 is 0 Å². The molecule has 0 bridgehead atoms. The summed E-state index contributed by atoms with van der Waals surface area (Å²) in [4.78, 5) is 9.61. The van der Waals surface area contributed by atoms with Crippen molar-refractivity contribution in [3.63, 3.8) is 0 Å². The maximum atomic E-state index is 13.4. The number of alkyl halides is 3. The number of benzene rings is 1. The van der Waals surface area contributed by atoms with Gasteiger partial charge in [-0.1, -0.05) is 18.2 Å². The topological polar surface area (TPSA) is 53.1 Å². The first kappa shape index (κ1) is 18.4. The molecule has 2 aromatic rings. The monoisotopic (exact) mass is 365 g/mol. The van der Waals surface area contributed by atoms with E-state index in [2.05, 4.69) is 20.6 Å². The summed E-state index contributed by atoms with van der Waals surface area (Å²) in [5.74, 6) is 0.406. The number of halogens is 3. The summed E-state index contributed by atoms with van der Waals surface area (Å²) >= 11 is 0. The second kappa shape index (κ2) is 7.90. The van der Waals surface area contributed by atoms with Gasteiger partial charge in [0.05, 0.1) is 0 Å². The van der Waals surface area contributed by atoms with Crippen LogP contribution in [0, 0.1) is 5.92 Å². The van der Waals surface area contributed by atoms with E-state index in [1.807, 2.05) is 18.2 Å². The van der Waals surface area contributed by atoms with Crippen LogP contribution in [0.5, 0.6) is 0 Å². The Kier molecular flexibility index (Phi) is 5.61. The Morgan fingerprint density at radius 1 is 1.19 bits per heavy atom. The first-order chi connectivity index (χ1) is 12.4. The lowest BCUT2D eigenvalue weighted by Crippen LogP contribution is -2.35. The zero-order valence-corrected chi connectivity index (χ0v) is 14.6. The predicted octanol–water partition coefficient (Wildman–Crippen LogP) is 3.67. The Morgan fingerprint density at radius 3 is 2.54 bits per heavy atom. The van der Waals surface area contributed by atoms with Crippen LogP contribution in [0.4, 0.5) is 30.6 Å². The summed E-state index contributed by atoms with van der Waals surface area (Å²) in [6.07, 6.45) is -1.74. The van der Waals surface area contributed by atoms with Gasteiger partial charge in [-0.2, -0.15) is 18.2 Å². The fourth-order valence-electron chi connectivity index (χ4n) is 3.11. The Morgan fingerprint density at radius 2 is 1.88 bits per heavy atom. The number of nitrogens with zero attached hydrogens (tertiary/aromatic N) is 3. The molecule has 0 spiro atoms. The average molecular weight is 365 g/mol. The summed E-state index contributed by atoms with van der Waals surface area (Å²) in [5, 5.41) is 6.22. The van der Waals surface area contributed by atoms with E-state index in [1.165, 1.54) is 0 Å². The summed E-state index contributed by atoms with van der Waals surface area (Å²) in [5.41, 5.74) is -0.0910. The molecule has 2 N–H and O–H groups in total.